The first-order valence-corrected chi connectivity index (χ1v) is 8.64. The molecule has 3 rings (SSSR count). The minimum atomic E-state index is 0.166. The van der Waals surface area contributed by atoms with Gasteiger partial charge in [0.1, 0.15) is 0 Å². The zero-order valence-electron chi connectivity index (χ0n) is 13.7. The van der Waals surface area contributed by atoms with Crippen LogP contribution in [0.1, 0.15) is 63.3 Å². The summed E-state index contributed by atoms with van der Waals surface area (Å²) in [4.78, 5) is 12.2. The summed E-state index contributed by atoms with van der Waals surface area (Å²) in [5, 5.41) is 7.87. The first-order chi connectivity index (χ1) is 10.5. The molecule has 5 heteroatoms. The average Bonchev–Trinajstić information content (AvgIpc) is 3.05. The highest BCUT2D eigenvalue weighted by molar-refractivity contribution is 5.76. The molecule has 1 aromatic heterocycles. The molecule has 1 amide bonds. The maximum atomic E-state index is 12.2. The summed E-state index contributed by atoms with van der Waals surface area (Å²) in [5.41, 5.74) is 8.56. The number of aryl methyl sites for hydroxylation is 1. The Hall–Kier alpha value is -1.36. The van der Waals surface area contributed by atoms with E-state index < -0.39 is 0 Å². The van der Waals surface area contributed by atoms with Crippen LogP contribution in [0.2, 0.25) is 0 Å². The first kappa shape index (κ1) is 15.5. The molecule has 2 aliphatic rings. The quantitative estimate of drug-likeness (QED) is 0.893. The smallest absolute Gasteiger partial charge is 0.220 e. The highest BCUT2D eigenvalue weighted by Gasteiger charge is 2.28. The predicted molar refractivity (Wildman–Crippen MR) is 86.5 cm³/mol. The molecule has 5 nitrogen and oxygen atoms in total. The SMILES string of the molecule is CC(C)n1cc2c(n1)CC(NC(=O)C[C@@H]1CCC[C@H]1N)CC2. The molecular weight excluding hydrogens is 276 g/mol. The number of hydrogen-bond donors (Lipinski definition) is 2. The van der Waals surface area contributed by atoms with Crippen LogP contribution >= 0.6 is 0 Å². The molecule has 3 N–H and O–H groups in total. The first-order valence-electron chi connectivity index (χ1n) is 8.64. The molecule has 22 heavy (non-hydrogen) atoms. The molecule has 0 bridgehead atoms. The summed E-state index contributed by atoms with van der Waals surface area (Å²) in [6.07, 6.45) is 8.96. The van der Waals surface area contributed by atoms with Gasteiger partial charge in [-0.2, -0.15) is 5.10 Å². The number of nitrogens with zero attached hydrogens (tertiary/aromatic N) is 2. The van der Waals surface area contributed by atoms with Crippen LogP contribution < -0.4 is 11.1 Å². The molecule has 1 aromatic rings. The van der Waals surface area contributed by atoms with Gasteiger partial charge < -0.3 is 11.1 Å². The van der Waals surface area contributed by atoms with E-state index in [2.05, 4.69) is 30.5 Å². The number of aromatic nitrogens is 2. The van der Waals surface area contributed by atoms with Crippen LogP contribution in [-0.4, -0.2) is 27.8 Å². The van der Waals surface area contributed by atoms with E-state index in [0.29, 0.717) is 18.4 Å². The number of nitrogens with two attached hydrogens (primary N) is 1. The van der Waals surface area contributed by atoms with Crippen molar-refractivity contribution in [2.45, 2.75) is 76.9 Å². The van der Waals surface area contributed by atoms with Gasteiger partial charge in [-0.25, -0.2) is 0 Å². The number of carbonyl (C=O) groups is 1. The molecule has 1 saturated carbocycles. The maximum absolute atomic E-state index is 12.2. The second-order valence-electron chi connectivity index (χ2n) is 7.24. The van der Waals surface area contributed by atoms with Gasteiger partial charge in [-0.15, -0.1) is 0 Å². The normalized spacial score (nSPS) is 27.9. The van der Waals surface area contributed by atoms with Gasteiger partial charge in [0.15, 0.2) is 0 Å². The largest absolute Gasteiger partial charge is 0.353 e. The van der Waals surface area contributed by atoms with Crippen molar-refractivity contribution < 1.29 is 4.79 Å². The molecular formula is C17H28N4O. The van der Waals surface area contributed by atoms with Gasteiger partial charge in [-0.3, -0.25) is 9.48 Å². The molecule has 0 radical (unpaired) electrons. The molecule has 1 unspecified atom stereocenters. The Morgan fingerprint density at radius 3 is 2.95 bits per heavy atom. The van der Waals surface area contributed by atoms with Crippen LogP contribution in [0.25, 0.3) is 0 Å². The zero-order chi connectivity index (χ0) is 15.7. The molecule has 0 spiro atoms. The van der Waals surface area contributed by atoms with E-state index in [4.69, 9.17) is 5.73 Å². The van der Waals surface area contributed by atoms with Crippen molar-refractivity contribution in [3.8, 4) is 0 Å². The summed E-state index contributed by atoms with van der Waals surface area (Å²) >= 11 is 0. The Morgan fingerprint density at radius 1 is 1.45 bits per heavy atom. The van der Waals surface area contributed by atoms with E-state index in [0.717, 1.165) is 37.8 Å². The summed E-state index contributed by atoms with van der Waals surface area (Å²) in [7, 11) is 0. The molecule has 122 valence electrons. The standard InChI is InChI=1S/C17H28N4O/c1-11(2)21-10-13-6-7-14(9-16(13)20-21)19-17(22)8-12-4-3-5-15(12)18/h10-12,14-15H,3-9,18H2,1-2H3,(H,19,22)/t12-,14?,15+/m0/s1. The van der Waals surface area contributed by atoms with Gasteiger partial charge in [-0.05, 0) is 51.0 Å². The number of carbonyl (C=O) groups excluding carboxylic acids is 1. The van der Waals surface area contributed by atoms with Gasteiger partial charge >= 0.3 is 0 Å². The van der Waals surface area contributed by atoms with Crippen molar-refractivity contribution in [2.24, 2.45) is 11.7 Å². The Balaban J connectivity index is 1.54. The van der Waals surface area contributed by atoms with Gasteiger partial charge in [0.25, 0.3) is 0 Å². The molecule has 1 heterocycles. The van der Waals surface area contributed by atoms with Gasteiger partial charge in [0.2, 0.25) is 5.91 Å². The van der Waals surface area contributed by atoms with Crippen LogP contribution in [0.3, 0.4) is 0 Å². The van der Waals surface area contributed by atoms with Crippen molar-refractivity contribution >= 4 is 5.91 Å². The second-order valence-corrected chi connectivity index (χ2v) is 7.24. The minimum absolute atomic E-state index is 0.166. The number of nitrogens with one attached hydrogen (secondary N) is 1. The van der Waals surface area contributed by atoms with E-state index >= 15 is 0 Å². The highest BCUT2D eigenvalue weighted by Crippen LogP contribution is 2.27. The number of hydrogen-bond acceptors (Lipinski definition) is 3. The fraction of sp³-hybridized carbons (Fsp3) is 0.765. The third-order valence-electron chi connectivity index (χ3n) is 5.16. The Morgan fingerprint density at radius 2 is 2.27 bits per heavy atom. The van der Waals surface area contributed by atoms with E-state index in [1.807, 2.05) is 4.68 Å². The third kappa shape index (κ3) is 3.35. The van der Waals surface area contributed by atoms with E-state index in [-0.39, 0.29) is 18.0 Å². The molecule has 0 aromatic carbocycles. The summed E-state index contributed by atoms with van der Waals surface area (Å²) in [6, 6.07) is 0.834. The van der Waals surface area contributed by atoms with E-state index in [1.54, 1.807) is 0 Å². The number of rotatable bonds is 4. The minimum Gasteiger partial charge on any atom is -0.353 e. The number of fused-ring (bicyclic) bond motifs is 1. The second kappa shape index (κ2) is 6.41. The third-order valence-corrected chi connectivity index (χ3v) is 5.16. The molecule has 0 aliphatic heterocycles. The predicted octanol–water partition coefficient (Wildman–Crippen LogP) is 1.95. The van der Waals surface area contributed by atoms with Crippen molar-refractivity contribution in [1.29, 1.82) is 0 Å². The van der Waals surface area contributed by atoms with Crippen molar-refractivity contribution in [1.82, 2.24) is 15.1 Å². The van der Waals surface area contributed by atoms with Gasteiger partial charge in [0.05, 0.1) is 5.69 Å². The summed E-state index contributed by atoms with van der Waals surface area (Å²) < 4.78 is 2.03. The lowest BCUT2D eigenvalue weighted by molar-refractivity contribution is -0.122. The Labute approximate surface area is 132 Å². The summed E-state index contributed by atoms with van der Waals surface area (Å²) in [6.45, 7) is 4.28. The highest BCUT2D eigenvalue weighted by atomic mass is 16.1. The van der Waals surface area contributed by atoms with Crippen LogP contribution in [0.5, 0.6) is 0 Å². The topological polar surface area (TPSA) is 72.9 Å². The number of amides is 1. The van der Waals surface area contributed by atoms with E-state index in [9.17, 15) is 4.79 Å². The molecule has 2 aliphatic carbocycles. The van der Waals surface area contributed by atoms with Crippen LogP contribution in [-0.2, 0) is 17.6 Å². The Bertz CT molecular complexity index is 537. The maximum Gasteiger partial charge on any atom is 0.220 e. The zero-order valence-corrected chi connectivity index (χ0v) is 13.7. The summed E-state index contributed by atoms with van der Waals surface area (Å²) in [5.74, 6) is 0.540. The Kier molecular flexibility index (Phi) is 4.52. The fourth-order valence-electron chi connectivity index (χ4n) is 3.74. The lowest BCUT2D eigenvalue weighted by Gasteiger charge is -2.23. The average molecular weight is 304 g/mol. The molecule has 3 atom stereocenters. The van der Waals surface area contributed by atoms with Gasteiger partial charge in [0, 0.05) is 37.2 Å². The van der Waals surface area contributed by atoms with Crippen LogP contribution in [0.4, 0.5) is 0 Å². The van der Waals surface area contributed by atoms with Crippen molar-refractivity contribution in [3.63, 3.8) is 0 Å². The van der Waals surface area contributed by atoms with Crippen LogP contribution in [0.15, 0.2) is 6.20 Å². The molecule has 0 saturated heterocycles. The van der Waals surface area contributed by atoms with Crippen molar-refractivity contribution in [2.75, 3.05) is 0 Å². The lowest BCUT2D eigenvalue weighted by atomic mass is 9.93. The lowest BCUT2D eigenvalue weighted by Crippen LogP contribution is -2.40. The van der Waals surface area contributed by atoms with Crippen LogP contribution in [0, 0.1) is 5.92 Å². The van der Waals surface area contributed by atoms with E-state index in [1.165, 1.54) is 12.0 Å². The fourth-order valence-corrected chi connectivity index (χ4v) is 3.74. The monoisotopic (exact) mass is 304 g/mol. The van der Waals surface area contributed by atoms with Crippen molar-refractivity contribution in [3.05, 3.63) is 17.5 Å². The molecule has 1 fully saturated rings. The van der Waals surface area contributed by atoms with Gasteiger partial charge in [-0.1, -0.05) is 6.42 Å².